The number of amidine groups is 1. The van der Waals surface area contributed by atoms with Crippen LogP contribution in [0.5, 0.6) is 5.75 Å². The Morgan fingerprint density at radius 3 is 2.61 bits per heavy atom. The van der Waals surface area contributed by atoms with Crippen LogP contribution in [0.4, 0.5) is 0 Å². The van der Waals surface area contributed by atoms with Crippen molar-refractivity contribution in [2.45, 2.75) is 58.2 Å². The number of unbranched alkanes of at least 4 members (excludes halogenated alkanes) is 2. The van der Waals surface area contributed by atoms with Gasteiger partial charge in [0.15, 0.2) is 6.29 Å². The van der Waals surface area contributed by atoms with Crippen molar-refractivity contribution in [2.24, 2.45) is 26.9 Å². The maximum atomic E-state index is 6.34. The van der Waals surface area contributed by atoms with Crippen LogP contribution in [0.2, 0.25) is 0 Å². The summed E-state index contributed by atoms with van der Waals surface area (Å²) >= 11 is 0. The summed E-state index contributed by atoms with van der Waals surface area (Å²) in [4.78, 5) is 11.2. The van der Waals surface area contributed by atoms with Gasteiger partial charge in [-0.3, -0.25) is 15.6 Å². The molecule has 28 heavy (non-hydrogen) atoms. The van der Waals surface area contributed by atoms with E-state index in [0.29, 0.717) is 5.84 Å². The van der Waals surface area contributed by atoms with Crippen LogP contribution in [-0.4, -0.2) is 49.5 Å². The highest BCUT2D eigenvalue weighted by Gasteiger charge is 2.35. The van der Waals surface area contributed by atoms with Crippen molar-refractivity contribution in [1.82, 2.24) is 4.90 Å². The lowest BCUT2D eigenvalue weighted by Crippen LogP contribution is -2.45. The summed E-state index contributed by atoms with van der Waals surface area (Å²) in [5, 5.41) is 0. The molecule has 2 unspecified atom stereocenters. The lowest BCUT2D eigenvalue weighted by Gasteiger charge is -2.33. The molecule has 1 aromatic carbocycles. The average Bonchev–Trinajstić information content (AvgIpc) is 3.20. The van der Waals surface area contributed by atoms with E-state index < -0.39 is 6.29 Å². The van der Waals surface area contributed by atoms with Crippen molar-refractivity contribution in [3.63, 3.8) is 0 Å². The Labute approximate surface area is 169 Å². The number of nitrogens with zero attached hydrogens (tertiary/aromatic N) is 3. The quantitative estimate of drug-likeness (QED) is 0.606. The van der Waals surface area contributed by atoms with Gasteiger partial charge in [-0.1, -0.05) is 38.3 Å². The molecule has 0 amide bonds. The molecule has 1 fully saturated rings. The van der Waals surface area contributed by atoms with Gasteiger partial charge in [0.2, 0.25) is 0 Å². The second kappa shape index (κ2) is 10.0. The van der Waals surface area contributed by atoms with E-state index >= 15 is 0 Å². The maximum absolute atomic E-state index is 6.34. The largest absolute Gasteiger partial charge is 0.492 e. The van der Waals surface area contributed by atoms with Gasteiger partial charge in [0.1, 0.15) is 18.2 Å². The van der Waals surface area contributed by atoms with Crippen molar-refractivity contribution >= 4 is 12.1 Å². The highest BCUT2D eigenvalue weighted by atomic mass is 16.5. The Kier molecular flexibility index (Phi) is 7.45. The van der Waals surface area contributed by atoms with Crippen LogP contribution in [0.3, 0.4) is 0 Å². The molecule has 2 aliphatic rings. The summed E-state index contributed by atoms with van der Waals surface area (Å²) in [5.74, 6) is 1.53. The number of likely N-dealkylation sites (tertiary alicyclic amines) is 1. The molecule has 0 aliphatic carbocycles. The van der Waals surface area contributed by atoms with Gasteiger partial charge >= 0.3 is 0 Å². The van der Waals surface area contributed by atoms with Gasteiger partial charge in [-0.15, -0.1) is 0 Å². The number of hydrogen-bond acceptors (Lipinski definition) is 6. The molecular weight excluding hydrogens is 350 g/mol. The fourth-order valence-corrected chi connectivity index (χ4v) is 4.06. The fourth-order valence-electron chi connectivity index (χ4n) is 4.06. The normalized spacial score (nSPS) is 25.1. The predicted octanol–water partition coefficient (Wildman–Crippen LogP) is 2.95. The summed E-state index contributed by atoms with van der Waals surface area (Å²) in [6, 6.07) is 8.36. The molecule has 2 aliphatic heterocycles. The molecule has 6 heteroatoms. The molecule has 0 saturated carbocycles. The highest BCUT2D eigenvalue weighted by molar-refractivity contribution is 6.02. The summed E-state index contributed by atoms with van der Waals surface area (Å²) in [5.41, 5.74) is 13.0. The molecular formula is C22H35N5O. The number of aliphatic imine (C=N–C) groups is 2. The Hall–Kier alpha value is -1.92. The second-order valence-electron chi connectivity index (χ2n) is 8.04. The lowest BCUT2D eigenvalue weighted by molar-refractivity contribution is 0.237. The van der Waals surface area contributed by atoms with Crippen molar-refractivity contribution in [2.75, 3.05) is 26.2 Å². The van der Waals surface area contributed by atoms with Gasteiger partial charge in [-0.05, 0) is 56.5 Å². The van der Waals surface area contributed by atoms with Gasteiger partial charge in [-0.25, -0.2) is 4.99 Å². The minimum atomic E-state index is -0.564. The van der Waals surface area contributed by atoms with Crippen LogP contribution < -0.4 is 16.2 Å². The molecule has 1 aromatic rings. The highest BCUT2D eigenvalue weighted by Crippen LogP contribution is 2.31. The van der Waals surface area contributed by atoms with E-state index in [1.165, 1.54) is 44.3 Å². The summed E-state index contributed by atoms with van der Waals surface area (Å²) < 4.78 is 5.92. The van der Waals surface area contributed by atoms with Gasteiger partial charge in [0.25, 0.3) is 0 Å². The van der Waals surface area contributed by atoms with Crippen LogP contribution >= 0.6 is 0 Å². The van der Waals surface area contributed by atoms with Crippen LogP contribution in [0.1, 0.15) is 51.0 Å². The van der Waals surface area contributed by atoms with E-state index in [1.807, 2.05) is 6.21 Å². The van der Waals surface area contributed by atoms with Crippen LogP contribution in [0.15, 0.2) is 34.3 Å². The third kappa shape index (κ3) is 5.55. The standard InChI is InChI=1S/C22H35N5O/c1-2-3-4-11-22(17-25-21(24)26-20(22)23)16-18-7-9-19(10-8-18)28-15-14-27-12-5-6-13-27/h7-10,17,21H,2-6,11-16,24H2,1H3,(H2,23,26). The first kappa shape index (κ1) is 20.8. The molecule has 0 aromatic heterocycles. The minimum absolute atomic E-state index is 0.330. The molecule has 1 saturated heterocycles. The minimum Gasteiger partial charge on any atom is -0.492 e. The zero-order chi connectivity index (χ0) is 19.8. The van der Waals surface area contributed by atoms with Gasteiger partial charge in [0.05, 0.1) is 5.41 Å². The van der Waals surface area contributed by atoms with E-state index in [4.69, 9.17) is 16.2 Å². The zero-order valence-electron chi connectivity index (χ0n) is 17.1. The molecule has 3 rings (SSSR count). The summed E-state index contributed by atoms with van der Waals surface area (Å²) in [6.45, 7) is 6.36. The first-order chi connectivity index (χ1) is 13.6. The van der Waals surface area contributed by atoms with Gasteiger partial charge < -0.3 is 10.5 Å². The van der Waals surface area contributed by atoms with Crippen molar-refractivity contribution in [3.8, 4) is 5.75 Å². The number of nitrogens with two attached hydrogens (primary N) is 2. The van der Waals surface area contributed by atoms with Crippen LogP contribution in [0, 0.1) is 5.41 Å². The predicted molar refractivity (Wildman–Crippen MR) is 116 cm³/mol. The van der Waals surface area contributed by atoms with E-state index in [2.05, 4.69) is 46.1 Å². The van der Waals surface area contributed by atoms with Crippen molar-refractivity contribution in [1.29, 1.82) is 0 Å². The van der Waals surface area contributed by atoms with Crippen LogP contribution in [-0.2, 0) is 6.42 Å². The topological polar surface area (TPSA) is 89.2 Å². The molecule has 154 valence electrons. The monoisotopic (exact) mass is 385 g/mol. The molecule has 4 N–H and O–H groups in total. The van der Waals surface area contributed by atoms with Gasteiger partial charge in [-0.2, -0.15) is 0 Å². The van der Waals surface area contributed by atoms with E-state index in [-0.39, 0.29) is 5.41 Å². The zero-order valence-corrected chi connectivity index (χ0v) is 17.1. The smallest absolute Gasteiger partial charge is 0.192 e. The fraction of sp³-hybridized carbons (Fsp3) is 0.636. The molecule has 0 radical (unpaired) electrons. The first-order valence-corrected chi connectivity index (χ1v) is 10.7. The molecule has 0 bridgehead atoms. The van der Waals surface area contributed by atoms with E-state index in [1.54, 1.807) is 0 Å². The SMILES string of the molecule is CCCCCC1(Cc2ccc(OCCN3CCCC3)cc2)C=NC(N)N=C1N. The Morgan fingerprint density at radius 2 is 1.93 bits per heavy atom. The van der Waals surface area contributed by atoms with Crippen molar-refractivity contribution < 1.29 is 4.74 Å². The third-order valence-electron chi connectivity index (χ3n) is 5.80. The molecule has 2 heterocycles. The average molecular weight is 386 g/mol. The Bertz CT molecular complexity index is 666. The summed E-state index contributed by atoms with van der Waals surface area (Å²) in [6.07, 6.45) is 9.19. The number of hydrogen-bond donors (Lipinski definition) is 2. The number of ether oxygens (including phenoxy) is 1. The second-order valence-corrected chi connectivity index (χ2v) is 8.04. The Morgan fingerprint density at radius 1 is 1.18 bits per heavy atom. The van der Waals surface area contributed by atoms with Gasteiger partial charge in [0, 0.05) is 12.8 Å². The van der Waals surface area contributed by atoms with E-state index in [0.717, 1.165) is 38.2 Å². The van der Waals surface area contributed by atoms with Crippen LogP contribution in [0.25, 0.3) is 0 Å². The summed E-state index contributed by atoms with van der Waals surface area (Å²) in [7, 11) is 0. The number of benzene rings is 1. The third-order valence-corrected chi connectivity index (χ3v) is 5.80. The molecule has 6 nitrogen and oxygen atoms in total. The van der Waals surface area contributed by atoms with Crippen molar-refractivity contribution in [3.05, 3.63) is 29.8 Å². The Balaban J connectivity index is 1.59. The molecule has 0 spiro atoms. The first-order valence-electron chi connectivity index (χ1n) is 10.7. The maximum Gasteiger partial charge on any atom is 0.192 e. The van der Waals surface area contributed by atoms with E-state index in [9.17, 15) is 0 Å². The lowest BCUT2D eigenvalue weighted by atomic mass is 9.76. The number of rotatable bonds is 10. The molecule has 2 atom stereocenters.